The van der Waals surface area contributed by atoms with E-state index in [1.54, 1.807) is 12.1 Å². The van der Waals surface area contributed by atoms with Gasteiger partial charge in [0, 0.05) is 21.3 Å². The monoisotopic (exact) mass is 406 g/mol. The van der Waals surface area contributed by atoms with Crippen molar-refractivity contribution in [2.24, 2.45) is 5.10 Å². The van der Waals surface area contributed by atoms with Gasteiger partial charge in [0.25, 0.3) is 0 Å². The topological polar surface area (TPSA) is 74.7 Å². The summed E-state index contributed by atoms with van der Waals surface area (Å²) < 4.78 is 16.4. The second kappa shape index (κ2) is 6.06. The molecular formula is C15H12BrFN6S. The lowest BCUT2D eigenvalue weighted by Crippen LogP contribution is -1.98. The number of halogens is 2. The lowest BCUT2D eigenvalue weighted by Gasteiger charge is -2.01. The summed E-state index contributed by atoms with van der Waals surface area (Å²) in [6, 6.07) is 4.66. The van der Waals surface area contributed by atoms with Gasteiger partial charge in [-0.15, -0.1) is 0 Å². The molecule has 0 fully saturated rings. The number of nitrogens with one attached hydrogen (secondary N) is 2. The lowest BCUT2D eigenvalue weighted by atomic mass is 10.2. The van der Waals surface area contributed by atoms with E-state index in [0.717, 1.165) is 40.7 Å². The fraction of sp³-hybridized carbons (Fsp3) is 0.200. The maximum atomic E-state index is 13.9. The Kier molecular flexibility index (Phi) is 3.89. The molecule has 0 unspecified atom stereocenters. The third-order valence-electron chi connectivity index (χ3n) is 3.94. The fourth-order valence-corrected chi connectivity index (χ4v) is 3.35. The van der Waals surface area contributed by atoms with Crippen molar-refractivity contribution >= 4 is 34.4 Å². The maximum absolute atomic E-state index is 13.9. The van der Waals surface area contributed by atoms with Gasteiger partial charge in [-0.3, -0.25) is 5.10 Å². The number of aromatic nitrogens is 5. The molecule has 1 aliphatic rings. The van der Waals surface area contributed by atoms with E-state index in [9.17, 15) is 4.39 Å². The van der Waals surface area contributed by atoms with Crippen molar-refractivity contribution in [3.8, 4) is 11.5 Å². The molecule has 0 radical (unpaired) electrons. The Labute approximate surface area is 149 Å². The molecule has 1 aromatic carbocycles. The van der Waals surface area contributed by atoms with E-state index in [0.29, 0.717) is 16.2 Å². The number of hydrogen-bond acceptors (Lipinski definition) is 4. The van der Waals surface area contributed by atoms with Gasteiger partial charge in [-0.2, -0.15) is 20.0 Å². The summed E-state index contributed by atoms with van der Waals surface area (Å²) in [5.41, 5.74) is 3.37. The van der Waals surface area contributed by atoms with Crippen LogP contribution in [0.5, 0.6) is 0 Å². The van der Waals surface area contributed by atoms with Crippen LogP contribution < -0.4 is 0 Å². The molecule has 0 saturated carbocycles. The van der Waals surface area contributed by atoms with Gasteiger partial charge in [0.15, 0.2) is 0 Å². The van der Waals surface area contributed by atoms with Gasteiger partial charge >= 0.3 is 0 Å². The van der Waals surface area contributed by atoms with Gasteiger partial charge in [0.05, 0.1) is 6.21 Å². The van der Waals surface area contributed by atoms with Crippen LogP contribution in [0.15, 0.2) is 27.8 Å². The molecule has 0 atom stereocenters. The second-order valence-electron chi connectivity index (χ2n) is 5.46. The molecule has 0 bridgehead atoms. The summed E-state index contributed by atoms with van der Waals surface area (Å²) >= 11 is 8.56. The van der Waals surface area contributed by atoms with Gasteiger partial charge in [-0.1, -0.05) is 15.9 Å². The zero-order valence-corrected chi connectivity index (χ0v) is 14.8. The highest BCUT2D eigenvalue weighted by molar-refractivity contribution is 9.10. The summed E-state index contributed by atoms with van der Waals surface area (Å²) in [4.78, 5) is 0. The van der Waals surface area contributed by atoms with Gasteiger partial charge in [0.2, 0.25) is 10.6 Å². The summed E-state index contributed by atoms with van der Waals surface area (Å²) in [6.07, 6.45) is 4.45. The second-order valence-corrected chi connectivity index (χ2v) is 6.76. The van der Waals surface area contributed by atoms with Crippen LogP contribution >= 0.6 is 28.1 Å². The van der Waals surface area contributed by atoms with Crippen LogP contribution in [0.3, 0.4) is 0 Å². The molecule has 24 heavy (non-hydrogen) atoms. The highest BCUT2D eigenvalue weighted by Crippen LogP contribution is 2.29. The van der Waals surface area contributed by atoms with Crippen molar-refractivity contribution in [3.63, 3.8) is 0 Å². The van der Waals surface area contributed by atoms with E-state index in [4.69, 9.17) is 12.2 Å². The van der Waals surface area contributed by atoms with E-state index in [1.807, 2.05) is 0 Å². The van der Waals surface area contributed by atoms with Crippen molar-refractivity contribution < 1.29 is 4.39 Å². The average Bonchev–Trinajstić information content (AvgIpc) is 3.24. The summed E-state index contributed by atoms with van der Waals surface area (Å²) in [5, 5.41) is 18.6. The van der Waals surface area contributed by atoms with E-state index >= 15 is 0 Å². The number of H-pyrrole nitrogens is 2. The number of fused-ring (bicyclic) bond motifs is 1. The minimum Gasteiger partial charge on any atom is -0.282 e. The number of hydrogen-bond donors (Lipinski definition) is 2. The Morgan fingerprint density at radius 1 is 1.29 bits per heavy atom. The van der Waals surface area contributed by atoms with Crippen molar-refractivity contribution in [1.29, 1.82) is 0 Å². The van der Waals surface area contributed by atoms with Crippen LogP contribution in [0.4, 0.5) is 4.39 Å². The predicted octanol–water partition coefficient (Wildman–Crippen LogP) is 3.60. The highest BCUT2D eigenvalue weighted by atomic mass is 79.9. The Morgan fingerprint density at radius 2 is 2.17 bits per heavy atom. The van der Waals surface area contributed by atoms with Gasteiger partial charge < -0.3 is 0 Å². The lowest BCUT2D eigenvalue weighted by molar-refractivity contribution is 0.625. The van der Waals surface area contributed by atoms with E-state index < -0.39 is 0 Å². The maximum Gasteiger partial charge on any atom is 0.216 e. The summed E-state index contributed by atoms with van der Waals surface area (Å²) in [5.74, 6) is 0.158. The molecule has 4 rings (SSSR count). The van der Waals surface area contributed by atoms with Crippen molar-refractivity contribution in [2.45, 2.75) is 19.3 Å². The SMILES string of the molecule is Fc1ccc(Br)cc1/C=N\n1c(-c2n[nH]c3c2CCC3)n[nH]c1=S. The van der Waals surface area contributed by atoms with E-state index in [2.05, 4.69) is 41.4 Å². The zero-order chi connectivity index (χ0) is 16.7. The molecule has 2 aromatic heterocycles. The smallest absolute Gasteiger partial charge is 0.216 e. The van der Waals surface area contributed by atoms with E-state index in [-0.39, 0.29) is 5.82 Å². The van der Waals surface area contributed by atoms with Crippen molar-refractivity contribution in [2.75, 3.05) is 0 Å². The summed E-state index contributed by atoms with van der Waals surface area (Å²) in [7, 11) is 0. The average molecular weight is 407 g/mol. The summed E-state index contributed by atoms with van der Waals surface area (Å²) in [6.45, 7) is 0. The molecule has 0 amide bonds. The molecule has 0 saturated heterocycles. The van der Waals surface area contributed by atoms with Crippen molar-refractivity contribution in [1.82, 2.24) is 25.1 Å². The first-order chi connectivity index (χ1) is 11.6. The number of rotatable bonds is 3. The molecule has 9 heteroatoms. The fourth-order valence-electron chi connectivity index (χ4n) is 2.79. The molecule has 3 aromatic rings. The number of nitrogens with zero attached hydrogens (tertiary/aromatic N) is 4. The molecule has 122 valence electrons. The highest BCUT2D eigenvalue weighted by Gasteiger charge is 2.23. The normalized spacial score (nSPS) is 13.8. The first kappa shape index (κ1) is 15.4. The van der Waals surface area contributed by atoms with Crippen LogP contribution in [0.25, 0.3) is 11.5 Å². The Bertz CT molecular complexity index is 1000. The molecule has 6 nitrogen and oxygen atoms in total. The van der Waals surface area contributed by atoms with Gasteiger partial charge in [-0.05, 0) is 49.7 Å². The third-order valence-corrected chi connectivity index (χ3v) is 4.70. The quantitative estimate of drug-likeness (QED) is 0.515. The van der Waals surface area contributed by atoms with Crippen LogP contribution in [0.2, 0.25) is 0 Å². The number of benzene rings is 1. The number of aryl methyl sites for hydroxylation is 1. The predicted molar refractivity (Wildman–Crippen MR) is 94.1 cm³/mol. The molecular weight excluding hydrogens is 395 g/mol. The third kappa shape index (κ3) is 2.63. The van der Waals surface area contributed by atoms with Crippen LogP contribution in [-0.2, 0) is 12.8 Å². The minimum atomic E-state index is -0.362. The van der Waals surface area contributed by atoms with E-state index in [1.165, 1.54) is 17.0 Å². The molecule has 2 heterocycles. The van der Waals surface area contributed by atoms with Gasteiger partial charge in [0.1, 0.15) is 11.5 Å². The number of aromatic amines is 2. The first-order valence-corrected chi connectivity index (χ1v) is 8.57. The minimum absolute atomic E-state index is 0.325. The Morgan fingerprint density at radius 3 is 3.04 bits per heavy atom. The molecule has 0 spiro atoms. The standard InChI is InChI=1S/C15H12BrFN6S/c16-9-4-5-11(17)8(6-9)7-18-23-14(21-22-15(23)24)13-10-2-1-3-12(10)19-20-13/h4-7H,1-3H2,(H,19,20)(H,22,24)/b18-7-. The largest absolute Gasteiger partial charge is 0.282 e. The zero-order valence-electron chi connectivity index (χ0n) is 12.4. The molecule has 2 N–H and O–H groups in total. The molecule has 1 aliphatic carbocycles. The molecule has 0 aliphatic heterocycles. The Hall–Kier alpha value is -2.13. The van der Waals surface area contributed by atoms with Crippen LogP contribution in [0, 0.1) is 10.6 Å². The van der Waals surface area contributed by atoms with Crippen LogP contribution in [-0.4, -0.2) is 31.3 Å². The Balaban J connectivity index is 1.77. The van der Waals surface area contributed by atoms with Gasteiger partial charge in [-0.25, -0.2) is 9.49 Å². The van der Waals surface area contributed by atoms with Crippen molar-refractivity contribution in [3.05, 3.63) is 50.1 Å². The van der Waals surface area contributed by atoms with Crippen LogP contribution in [0.1, 0.15) is 23.2 Å². The first-order valence-electron chi connectivity index (χ1n) is 7.37.